The number of piperidine rings is 1. The van der Waals surface area contributed by atoms with Crippen molar-refractivity contribution in [2.75, 3.05) is 18.8 Å². The van der Waals surface area contributed by atoms with E-state index in [0.717, 1.165) is 0 Å². The number of nitrogens with zero attached hydrogens (tertiary/aromatic N) is 2. The maximum atomic E-state index is 12.8. The van der Waals surface area contributed by atoms with Crippen LogP contribution in [0.4, 0.5) is 0 Å². The van der Waals surface area contributed by atoms with Crippen molar-refractivity contribution in [2.24, 2.45) is 0 Å². The van der Waals surface area contributed by atoms with E-state index in [-0.39, 0.29) is 41.1 Å². The van der Waals surface area contributed by atoms with Crippen molar-refractivity contribution in [3.05, 3.63) is 34.9 Å². The zero-order valence-electron chi connectivity index (χ0n) is 16.3. The van der Waals surface area contributed by atoms with Crippen LogP contribution in [0.5, 0.6) is 0 Å². The Hall–Kier alpha value is -2.26. The molecule has 0 unspecified atom stereocenters. The van der Waals surface area contributed by atoms with Crippen molar-refractivity contribution in [2.45, 2.75) is 45.7 Å². The van der Waals surface area contributed by atoms with Gasteiger partial charge in [0.1, 0.15) is 0 Å². The Morgan fingerprint density at radius 3 is 2.32 bits per heavy atom. The number of hydrogen-bond acceptors (Lipinski definition) is 5. The Kier molecular flexibility index (Phi) is 5.58. The number of rotatable bonds is 5. The van der Waals surface area contributed by atoms with Crippen LogP contribution in [-0.4, -0.2) is 66.9 Å². The average molecular weight is 407 g/mol. The number of hydrogen-bond donors (Lipinski definition) is 1. The van der Waals surface area contributed by atoms with Crippen LogP contribution in [0.1, 0.15) is 64.7 Å². The Bertz CT molecular complexity index is 917. The lowest BCUT2D eigenvalue weighted by molar-refractivity contribution is 0.0608. The minimum absolute atomic E-state index is 0.0292. The molecule has 1 saturated heterocycles. The molecule has 0 saturated carbocycles. The maximum absolute atomic E-state index is 12.8. The molecule has 3 amide bonds. The Labute approximate surface area is 164 Å². The summed E-state index contributed by atoms with van der Waals surface area (Å²) in [5, 5.41) is 0. The first-order valence-corrected chi connectivity index (χ1v) is 11.1. The Morgan fingerprint density at radius 2 is 1.75 bits per heavy atom. The number of carbonyl (C=O) groups is 3. The second-order valence-corrected chi connectivity index (χ2v) is 9.46. The molecule has 2 aliphatic rings. The van der Waals surface area contributed by atoms with E-state index in [1.807, 2.05) is 0 Å². The van der Waals surface area contributed by atoms with Gasteiger partial charge in [-0.05, 0) is 51.8 Å². The number of fused-ring (bicyclic) bond motifs is 1. The van der Waals surface area contributed by atoms with Gasteiger partial charge in [0.2, 0.25) is 10.0 Å². The molecule has 1 aromatic carbocycles. The molecule has 1 aromatic rings. The van der Waals surface area contributed by atoms with Gasteiger partial charge in [0.15, 0.2) is 0 Å². The van der Waals surface area contributed by atoms with E-state index in [2.05, 4.69) is 4.72 Å². The first-order chi connectivity index (χ1) is 13.1. The normalized spacial score (nSPS) is 18.1. The van der Waals surface area contributed by atoms with Gasteiger partial charge in [-0.25, -0.2) is 13.1 Å². The van der Waals surface area contributed by atoms with E-state index < -0.39 is 10.0 Å². The summed E-state index contributed by atoms with van der Waals surface area (Å²) in [5.74, 6) is -0.903. The molecule has 0 radical (unpaired) electrons. The van der Waals surface area contributed by atoms with Crippen molar-refractivity contribution in [1.82, 2.24) is 14.5 Å². The molecule has 2 heterocycles. The van der Waals surface area contributed by atoms with Gasteiger partial charge in [0.25, 0.3) is 17.7 Å². The third kappa shape index (κ3) is 3.81. The summed E-state index contributed by atoms with van der Waals surface area (Å²) in [6.07, 6.45) is 1.07. The standard InChI is InChI=1S/C19H25N3O5S/c1-4-28(26,27)20-14-7-9-21(10-8-14)17(23)13-5-6-15-16(11-13)19(25)22(12(2)3)18(15)24/h5-6,11-12,14,20H,4,7-10H2,1-3H3. The number of imide groups is 1. The molecule has 1 N–H and O–H groups in total. The molecule has 0 spiro atoms. The van der Waals surface area contributed by atoms with Crippen molar-refractivity contribution >= 4 is 27.7 Å². The highest BCUT2D eigenvalue weighted by Crippen LogP contribution is 2.26. The van der Waals surface area contributed by atoms with Crippen LogP contribution in [0.3, 0.4) is 0 Å². The van der Waals surface area contributed by atoms with Gasteiger partial charge in [-0.2, -0.15) is 0 Å². The van der Waals surface area contributed by atoms with Crippen LogP contribution in [0.15, 0.2) is 18.2 Å². The fourth-order valence-corrected chi connectivity index (χ4v) is 4.49. The fraction of sp³-hybridized carbons (Fsp3) is 0.526. The smallest absolute Gasteiger partial charge is 0.261 e. The Morgan fingerprint density at radius 1 is 1.14 bits per heavy atom. The van der Waals surface area contributed by atoms with Crippen LogP contribution in [0, 0.1) is 0 Å². The highest BCUT2D eigenvalue weighted by molar-refractivity contribution is 7.89. The molecule has 0 bridgehead atoms. The molecule has 8 nitrogen and oxygen atoms in total. The first kappa shape index (κ1) is 20.5. The average Bonchev–Trinajstić information content (AvgIpc) is 2.91. The predicted octanol–water partition coefficient (Wildman–Crippen LogP) is 1.23. The number of amides is 3. The molecule has 0 atom stereocenters. The van der Waals surface area contributed by atoms with Gasteiger partial charge in [0, 0.05) is 30.7 Å². The summed E-state index contributed by atoms with van der Waals surface area (Å²) in [4.78, 5) is 40.6. The second kappa shape index (κ2) is 7.63. The number of carbonyl (C=O) groups excluding carboxylic acids is 3. The third-order valence-corrected chi connectivity index (χ3v) is 6.64. The summed E-state index contributed by atoms with van der Waals surface area (Å²) in [6.45, 7) is 5.98. The van der Waals surface area contributed by atoms with E-state index in [1.54, 1.807) is 31.7 Å². The van der Waals surface area contributed by atoms with E-state index in [9.17, 15) is 22.8 Å². The molecule has 1 fully saturated rings. The lowest BCUT2D eigenvalue weighted by Gasteiger charge is -2.32. The summed E-state index contributed by atoms with van der Waals surface area (Å²) >= 11 is 0. The lowest BCUT2D eigenvalue weighted by atomic mass is 10.0. The van der Waals surface area contributed by atoms with Crippen LogP contribution in [-0.2, 0) is 10.0 Å². The van der Waals surface area contributed by atoms with Crippen molar-refractivity contribution in [3.63, 3.8) is 0 Å². The monoisotopic (exact) mass is 407 g/mol. The van der Waals surface area contributed by atoms with Gasteiger partial charge in [0.05, 0.1) is 16.9 Å². The van der Waals surface area contributed by atoms with Crippen LogP contribution in [0.2, 0.25) is 0 Å². The lowest BCUT2D eigenvalue weighted by Crippen LogP contribution is -2.46. The zero-order chi connectivity index (χ0) is 20.6. The molecule has 152 valence electrons. The van der Waals surface area contributed by atoms with Crippen molar-refractivity contribution in [1.29, 1.82) is 0 Å². The largest absolute Gasteiger partial charge is 0.339 e. The van der Waals surface area contributed by atoms with Gasteiger partial charge in [-0.15, -0.1) is 0 Å². The van der Waals surface area contributed by atoms with Gasteiger partial charge >= 0.3 is 0 Å². The van der Waals surface area contributed by atoms with Gasteiger partial charge in [-0.1, -0.05) is 0 Å². The molecule has 0 aliphatic carbocycles. The molecule has 28 heavy (non-hydrogen) atoms. The highest BCUT2D eigenvalue weighted by atomic mass is 32.2. The van der Waals surface area contributed by atoms with Gasteiger partial charge < -0.3 is 4.90 Å². The van der Waals surface area contributed by atoms with Crippen LogP contribution in [0.25, 0.3) is 0 Å². The predicted molar refractivity (Wildman–Crippen MR) is 104 cm³/mol. The minimum atomic E-state index is -3.27. The molecular formula is C19H25N3O5S. The maximum Gasteiger partial charge on any atom is 0.261 e. The third-order valence-electron chi connectivity index (χ3n) is 5.19. The number of benzene rings is 1. The van der Waals surface area contributed by atoms with Gasteiger partial charge in [-0.3, -0.25) is 19.3 Å². The first-order valence-electron chi connectivity index (χ1n) is 9.45. The van der Waals surface area contributed by atoms with Crippen molar-refractivity contribution < 1.29 is 22.8 Å². The second-order valence-electron chi connectivity index (χ2n) is 7.42. The molecule has 3 rings (SSSR count). The van der Waals surface area contributed by atoms with Crippen LogP contribution < -0.4 is 4.72 Å². The summed E-state index contributed by atoms with van der Waals surface area (Å²) in [6, 6.07) is 4.17. The Balaban J connectivity index is 1.71. The van der Waals surface area contributed by atoms with E-state index in [1.165, 1.54) is 17.0 Å². The summed E-state index contributed by atoms with van der Waals surface area (Å²) in [7, 11) is -3.27. The molecule has 9 heteroatoms. The highest BCUT2D eigenvalue weighted by Gasteiger charge is 2.38. The van der Waals surface area contributed by atoms with Crippen LogP contribution >= 0.6 is 0 Å². The van der Waals surface area contributed by atoms with E-state index in [4.69, 9.17) is 0 Å². The van der Waals surface area contributed by atoms with E-state index in [0.29, 0.717) is 37.1 Å². The molecular weight excluding hydrogens is 382 g/mol. The number of sulfonamides is 1. The topological polar surface area (TPSA) is 104 Å². The fourth-order valence-electron chi connectivity index (χ4n) is 3.58. The number of nitrogens with one attached hydrogen (secondary N) is 1. The zero-order valence-corrected chi connectivity index (χ0v) is 17.1. The molecule has 0 aromatic heterocycles. The van der Waals surface area contributed by atoms with Crippen molar-refractivity contribution in [3.8, 4) is 0 Å². The summed E-state index contributed by atoms with van der Waals surface area (Å²) < 4.78 is 26.0. The minimum Gasteiger partial charge on any atom is -0.339 e. The van der Waals surface area contributed by atoms with E-state index >= 15 is 0 Å². The molecule has 2 aliphatic heterocycles. The number of likely N-dealkylation sites (tertiary alicyclic amines) is 1. The quantitative estimate of drug-likeness (QED) is 0.740. The summed E-state index contributed by atoms with van der Waals surface area (Å²) in [5.41, 5.74) is 0.941. The SMILES string of the molecule is CCS(=O)(=O)NC1CCN(C(=O)c2ccc3c(c2)C(=O)N(C(C)C)C3=O)CC1.